The second kappa shape index (κ2) is 20.1. The molecule has 0 aromatic heterocycles. The van der Waals surface area contributed by atoms with Gasteiger partial charge in [-0.2, -0.15) is 0 Å². The molecule has 0 aromatic carbocycles. The van der Waals surface area contributed by atoms with E-state index in [0.29, 0.717) is 0 Å². The van der Waals surface area contributed by atoms with Gasteiger partial charge in [0.05, 0.1) is 0 Å². The van der Waals surface area contributed by atoms with Crippen molar-refractivity contribution in [1.82, 2.24) is 0 Å². The first kappa shape index (κ1) is 21.1. The lowest BCUT2D eigenvalue weighted by Gasteiger charge is -2.02. The van der Waals surface area contributed by atoms with Crippen molar-refractivity contribution in [2.45, 2.75) is 129 Å². The van der Waals surface area contributed by atoms with Gasteiger partial charge in [0, 0.05) is 0 Å². The molecule has 0 amide bonds. The highest BCUT2D eigenvalue weighted by atomic mass is 14.0. The Morgan fingerprint density at radius 3 is 1.00 bits per heavy atom. The van der Waals surface area contributed by atoms with Crippen LogP contribution < -0.4 is 0 Å². The van der Waals surface area contributed by atoms with Crippen LogP contribution in [0.25, 0.3) is 0 Å². The van der Waals surface area contributed by atoms with Crippen molar-refractivity contribution in [3.63, 3.8) is 0 Å². The fourth-order valence-corrected chi connectivity index (χ4v) is 2.99. The predicted octanol–water partition coefficient (Wildman–Crippen LogP) is 7.81. The van der Waals surface area contributed by atoms with Crippen LogP contribution in [0.15, 0.2) is 0 Å². The summed E-state index contributed by atoms with van der Waals surface area (Å²) in [5, 5.41) is 0. The number of unbranched alkanes of at least 4 members (excludes halogenated alkanes) is 14. The van der Waals surface area contributed by atoms with Gasteiger partial charge in [-0.1, -0.05) is 129 Å². The van der Waals surface area contributed by atoms with Gasteiger partial charge in [0.15, 0.2) is 0 Å². The summed E-state index contributed by atoms with van der Waals surface area (Å²) >= 11 is 0. The molecular weight excluding hydrogens is 251 g/mol. The van der Waals surface area contributed by atoms with E-state index in [1.165, 1.54) is 115 Å². The third-order valence-corrected chi connectivity index (χ3v) is 4.52. The van der Waals surface area contributed by atoms with Gasteiger partial charge in [0.1, 0.15) is 7.28 Å². The molecule has 21 heavy (non-hydrogen) atoms. The smallest absolute Gasteiger partial charge is 0.0803 e. The van der Waals surface area contributed by atoms with E-state index in [4.69, 9.17) is 0 Å². The highest BCUT2D eigenvalue weighted by Crippen LogP contribution is 2.12. The largest absolute Gasteiger partial charge is 0.109 e. The van der Waals surface area contributed by atoms with Crippen LogP contribution in [0.2, 0.25) is 12.6 Å². The van der Waals surface area contributed by atoms with Crippen molar-refractivity contribution in [3.05, 3.63) is 0 Å². The summed E-state index contributed by atoms with van der Waals surface area (Å²) < 4.78 is 0. The standard InChI is InChI=1S/C20H42B/c1-3-5-7-9-11-13-15-17-19-21-20-18-16-14-12-10-8-6-4-2/h3-20H2,1-2H3. The molecule has 0 bridgehead atoms. The first-order valence-electron chi connectivity index (χ1n) is 10.2. The van der Waals surface area contributed by atoms with Crippen LogP contribution in [-0.2, 0) is 0 Å². The minimum absolute atomic E-state index is 1.37. The quantitative estimate of drug-likeness (QED) is 0.178. The fourth-order valence-electron chi connectivity index (χ4n) is 2.99. The van der Waals surface area contributed by atoms with E-state index in [-0.39, 0.29) is 0 Å². The molecule has 0 saturated carbocycles. The minimum Gasteiger partial charge on any atom is -0.0803 e. The Hall–Kier alpha value is 0.0649. The molecule has 0 saturated heterocycles. The van der Waals surface area contributed by atoms with E-state index in [2.05, 4.69) is 21.1 Å². The van der Waals surface area contributed by atoms with Crippen LogP contribution in [0.4, 0.5) is 0 Å². The molecule has 1 heteroatoms. The molecule has 0 N–H and O–H groups in total. The Bertz CT molecular complexity index is 149. The highest BCUT2D eigenvalue weighted by molar-refractivity contribution is 6.35. The van der Waals surface area contributed by atoms with E-state index in [1.54, 1.807) is 0 Å². The van der Waals surface area contributed by atoms with Gasteiger partial charge < -0.3 is 0 Å². The maximum absolute atomic E-state index is 2.55. The summed E-state index contributed by atoms with van der Waals surface area (Å²) in [6, 6.07) is 0. The minimum atomic E-state index is 1.37. The number of hydrogen-bond donors (Lipinski definition) is 0. The number of hydrogen-bond acceptors (Lipinski definition) is 0. The Morgan fingerprint density at radius 1 is 0.381 bits per heavy atom. The van der Waals surface area contributed by atoms with E-state index >= 15 is 0 Å². The van der Waals surface area contributed by atoms with Gasteiger partial charge in [-0.05, 0) is 0 Å². The van der Waals surface area contributed by atoms with Crippen LogP contribution >= 0.6 is 0 Å². The average Bonchev–Trinajstić information content (AvgIpc) is 2.50. The zero-order chi connectivity index (χ0) is 15.4. The lowest BCUT2D eigenvalue weighted by Crippen LogP contribution is -1.90. The summed E-state index contributed by atoms with van der Waals surface area (Å²) in [5.41, 5.74) is 0. The maximum Gasteiger partial charge on any atom is 0.109 e. The Morgan fingerprint density at radius 2 is 0.667 bits per heavy atom. The molecule has 0 nitrogen and oxygen atoms in total. The summed E-state index contributed by atoms with van der Waals surface area (Å²) in [7, 11) is 2.55. The van der Waals surface area contributed by atoms with E-state index in [9.17, 15) is 0 Å². The molecule has 0 aromatic rings. The molecule has 0 unspecified atom stereocenters. The van der Waals surface area contributed by atoms with Gasteiger partial charge in [0.2, 0.25) is 0 Å². The first-order chi connectivity index (χ1) is 10.4. The second-order valence-electron chi connectivity index (χ2n) is 6.82. The van der Waals surface area contributed by atoms with Gasteiger partial charge in [-0.25, -0.2) is 0 Å². The molecule has 0 heterocycles. The SMILES string of the molecule is CCCCCCCCCC[B]CCCCCCCCCC. The average molecular weight is 293 g/mol. The van der Waals surface area contributed by atoms with Crippen molar-refractivity contribution in [2.24, 2.45) is 0 Å². The maximum atomic E-state index is 2.55. The van der Waals surface area contributed by atoms with Crippen molar-refractivity contribution in [2.75, 3.05) is 0 Å². The third kappa shape index (κ3) is 20.1. The summed E-state index contributed by atoms with van der Waals surface area (Å²) in [4.78, 5) is 0. The van der Waals surface area contributed by atoms with E-state index < -0.39 is 0 Å². The van der Waals surface area contributed by atoms with Crippen LogP contribution in [0, 0.1) is 0 Å². The normalized spacial score (nSPS) is 11.0. The topological polar surface area (TPSA) is 0 Å². The molecule has 1 radical (unpaired) electrons. The molecule has 0 fully saturated rings. The molecule has 0 aliphatic rings. The molecule has 0 aliphatic heterocycles. The summed E-state index contributed by atoms with van der Waals surface area (Å²) in [5.74, 6) is 0. The Labute approximate surface area is 137 Å². The van der Waals surface area contributed by atoms with Crippen molar-refractivity contribution >= 4 is 7.28 Å². The third-order valence-electron chi connectivity index (χ3n) is 4.52. The van der Waals surface area contributed by atoms with Crippen molar-refractivity contribution in [3.8, 4) is 0 Å². The molecule has 0 atom stereocenters. The molecule has 125 valence electrons. The van der Waals surface area contributed by atoms with E-state index in [0.717, 1.165) is 0 Å². The first-order valence-corrected chi connectivity index (χ1v) is 10.2. The van der Waals surface area contributed by atoms with Gasteiger partial charge in [-0.15, -0.1) is 0 Å². The lowest BCUT2D eigenvalue weighted by molar-refractivity contribution is 0.582. The van der Waals surface area contributed by atoms with Gasteiger partial charge in [-0.3, -0.25) is 0 Å². The fraction of sp³-hybridized carbons (Fsp3) is 1.00. The zero-order valence-electron chi connectivity index (χ0n) is 15.3. The highest BCUT2D eigenvalue weighted by Gasteiger charge is 1.95. The van der Waals surface area contributed by atoms with Crippen molar-refractivity contribution < 1.29 is 0 Å². The van der Waals surface area contributed by atoms with Crippen LogP contribution in [0.5, 0.6) is 0 Å². The molecule has 0 rings (SSSR count). The Balaban J connectivity index is 2.90. The van der Waals surface area contributed by atoms with Crippen molar-refractivity contribution in [1.29, 1.82) is 0 Å². The predicted molar refractivity (Wildman–Crippen MR) is 101 cm³/mol. The second-order valence-corrected chi connectivity index (χ2v) is 6.82. The summed E-state index contributed by atoms with van der Waals surface area (Å²) in [6.07, 6.45) is 25.9. The molecular formula is C20H42B. The molecule has 0 spiro atoms. The van der Waals surface area contributed by atoms with Crippen LogP contribution in [-0.4, -0.2) is 7.28 Å². The van der Waals surface area contributed by atoms with Crippen LogP contribution in [0.3, 0.4) is 0 Å². The van der Waals surface area contributed by atoms with E-state index in [1.807, 2.05) is 0 Å². The molecule has 0 aliphatic carbocycles. The zero-order valence-corrected chi connectivity index (χ0v) is 15.3. The van der Waals surface area contributed by atoms with Crippen LogP contribution in [0.1, 0.15) is 117 Å². The van der Waals surface area contributed by atoms with Gasteiger partial charge >= 0.3 is 0 Å². The number of rotatable bonds is 18. The van der Waals surface area contributed by atoms with Gasteiger partial charge in [0.25, 0.3) is 0 Å². The lowest BCUT2D eigenvalue weighted by atomic mass is 9.68. The monoisotopic (exact) mass is 293 g/mol. The summed E-state index contributed by atoms with van der Waals surface area (Å²) in [6.45, 7) is 4.59. The Kier molecular flexibility index (Phi) is 20.1.